The number of hydrogen-bond acceptors (Lipinski definition) is 6. The summed E-state index contributed by atoms with van der Waals surface area (Å²) in [6.45, 7) is 7.22. The van der Waals surface area contributed by atoms with Crippen molar-refractivity contribution in [2.24, 2.45) is 5.92 Å². The number of nitrogens with zero attached hydrogens (tertiary/aromatic N) is 6. The first-order valence-corrected chi connectivity index (χ1v) is 21.5. The molecule has 3 fully saturated rings. The number of H-pyrrole nitrogens is 2. The average Bonchev–Trinajstić information content (AvgIpc) is 4.08. The minimum atomic E-state index is -0.893. The standard InChI is InChI=1S/C48H58N8O4/c1-48(2,3)56(47(59)60)37-25-23-36(24-26-37)45(57)54-27-9-13-40(54)43-49-29-38(51-43)33-19-15-31(16-20-33)32-17-21-34(22-18-32)39-30-50-44(52-39)41-14-10-28-55(41)46(58)42(53(4)5)35-11-7-6-8-12-35/h6-8,11-12,15-22,29-30,36-37,40-42H,9-10,13-14,23-28H2,1-5H3,(H,49,51)(H,50,52)(H,59,60)/t36?,37?,40-,41-,42+/m0/s1. The van der Waals surface area contributed by atoms with Crippen molar-refractivity contribution in [2.75, 3.05) is 27.2 Å². The van der Waals surface area contributed by atoms with Crippen molar-refractivity contribution in [1.82, 2.24) is 39.5 Å². The van der Waals surface area contributed by atoms with Crippen LogP contribution in [0.25, 0.3) is 33.6 Å². The number of likely N-dealkylation sites (tertiary alicyclic amines) is 2. The number of rotatable bonds is 10. The smallest absolute Gasteiger partial charge is 0.407 e. The molecule has 3 N–H and O–H groups in total. The van der Waals surface area contributed by atoms with E-state index in [2.05, 4.69) is 58.5 Å². The summed E-state index contributed by atoms with van der Waals surface area (Å²) in [4.78, 5) is 64.0. The van der Waals surface area contributed by atoms with E-state index < -0.39 is 11.6 Å². The molecule has 0 radical (unpaired) electrons. The van der Waals surface area contributed by atoms with Gasteiger partial charge in [0.2, 0.25) is 11.8 Å². The van der Waals surface area contributed by atoms with Gasteiger partial charge in [0, 0.05) is 30.6 Å². The third kappa shape index (κ3) is 8.34. The number of hydrogen-bond donors (Lipinski definition) is 3. The summed E-state index contributed by atoms with van der Waals surface area (Å²) in [5, 5.41) is 9.88. The molecule has 8 rings (SSSR count). The van der Waals surface area contributed by atoms with Crippen molar-refractivity contribution >= 4 is 17.9 Å². The highest BCUT2D eigenvalue weighted by atomic mass is 16.4. The van der Waals surface area contributed by atoms with Gasteiger partial charge in [0.05, 0.1) is 35.9 Å². The monoisotopic (exact) mass is 810 g/mol. The summed E-state index contributed by atoms with van der Waals surface area (Å²) < 4.78 is 0. The first-order valence-electron chi connectivity index (χ1n) is 21.5. The zero-order chi connectivity index (χ0) is 42.1. The van der Waals surface area contributed by atoms with Crippen LogP contribution in [0.2, 0.25) is 0 Å². The molecule has 3 amide bonds. The fourth-order valence-electron chi connectivity index (χ4n) is 9.88. The molecule has 0 unspecified atom stereocenters. The van der Waals surface area contributed by atoms with E-state index in [0.717, 1.165) is 76.5 Å². The molecular weight excluding hydrogens is 753 g/mol. The van der Waals surface area contributed by atoms with E-state index in [1.54, 1.807) is 4.90 Å². The highest BCUT2D eigenvalue weighted by molar-refractivity contribution is 5.84. The maximum Gasteiger partial charge on any atom is 0.407 e. The molecule has 3 atom stereocenters. The van der Waals surface area contributed by atoms with Crippen LogP contribution in [0.1, 0.15) is 107 Å². The molecule has 4 heterocycles. The Balaban J connectivity index is 0.889. The molecular formula is C48H58N8O4. The van der Waals surface area contributed by atoms with Gasteiger partial charge >= 0.3 is 6.09 Å². The maximum atomic E-state index is 13.9. The van der Waals surface area contributed by atoms with E-state index in [0.29, 0.717) is 38.8 Å². The zero-order valence-electron chi connectivity index (χ0n) is 35.5. The number of carboxylic acid groups (broad SMARTS) is 1. The summed E-state index contributed by atoms with van der Waals surface area (Å²) >= 11 is 0. The second-order valence-corrected chi connectivity index (χ2v) is 18.0. The number of benzene rings is 3. The topological polar surface area (TPSA) is 142 Å². The maximum absolute atomic E-state index is 13.9. The Morgan fingerprint density at radius 3 is 1.65 bits per heavy atom. The Morgan fingerprint density at radius 1 is 0.683 bits per heavy atom. The third-order valence-electron chi connectivity index (χ3n) is 12.8. The van der Waals surface area contributed by atoms with Crippen LogP contribution in [0, 0.1) is 5.92 Å². The molecule has 2 saturated heterocycles. The minimum Gasteiger partial charge on any atom is -0.465 e. The fourth-order valence-corrected chi connectivity index (χ4v) is 9.88. The first kappa shape index (κ1) is 41.0. The number of carbonyl (C=O) groups is 3. The largest absolute Gasteiger partial charge is 0.465 e. The molecule has 1 aliphatic carbocycles. The van der Waals surface area contributed by atoms with Crippen LogP contribution in [0.3, 0.4) is 0 Å². The zero-order valence-corrected chi connectivity index (χ0v) is 35.5. The van der Waals surface area contributed by atoms with Gasteiger partial charge < -0.3 is 29.8 Å². The number of imidazole rings is 2. The van der Waals surface area contributed by atoms with Gasteiger partial charge in [-0.2, -0.15) is 0 Å². The first-order chi connectivity index (χ1) is 28.9. The number of carbonyl (C=O) groups excluding carboxylic acids is 2. The lowest BCUT2D eigenvalue weighted by molar-refractivity contribution is -0.138. The van der Waals surface area contributed by atoms with Crippen LogP contribution in [0.4, 0.5) is 4.79 Å². The molecule has 3 aromatic carbocycles. The fraction of sp³-hybridized carbons (Fsp3) is 0.438. The van der Waals surface area contributed by atoms with Crippen molar-refractivity contribution < 1.29 is 19.5 Å². The molecule has 5 aromatic rings. The molecule has 0 spiro atoms. The minimum absolute atomic E-state index is 0.0638. The second-order valence-electron chi connectivity index (χ2n) is 18.0. The third-order valence-corrected chi connectivity index (χ3v) is 12.8. The quantitative estimate of drug-likeness (QED) is 0.128. The SMILES string of the molecule is CN(C)[C@@H](C(=O)N1CCC[C@H]1c1ncc(-c2ccc(-c3ccc(-c4cnc([C@@H]5CCCN5C(=O)C5CCC(N(C(=O)O)C(C)(C)C)CC5)[nH]4)cc3)cc2)[nH]1)c1ccccc1. The summed E-state index contributed by atoms with van der Waals surface area (Å²) in [5.74, 6) is 1.81. The lowest BCUT2D eigenvalue weighted by atomic mass is 9.83. The molecule has 60 heavy (non-hydrogen) atoms. The van der Waals surface area contributed by atoms with Crippen molar-refractivity contribution in [3.63, 3.8) is 0 Å². The number of aromatic amines is 2. The Kier molecular flexibility index (Phi) is 11.7. The lowest BCUT2D eigenvalue weighted by Crippen LogP contribution is -2.52. The Morgan fingerprint density at radius 2 is 1.17 bits per heavy atom. The van der Waals surface area contributed by atoms with Crippen LogP contribution in [-0.4, -0.2) is 101 Å². The number of aromatic nitrogens is 4. The summed E-state index contributed by atoms with van der Waals surface area (Å²) in [6, 6.07) is 26.3. The Bertz CT molecular complexity index is 2270. The van der Waals surface area contributed by atoms with Crippen LogP contribution in [0.5, 0.6) is 0 Å². The molecule has 12 nitrogen and oxygen atoms in total. The number of amides is 3. The van der Waals surface area contributed by atoms with E-state index in [1.165, 1.54) is 0 Å². The van der Waals surface area contributed by atoms with Gasteiger partial charge in [-0.1, -0.05) is 78.9 Å². The van der Waals surface area contributed by atoms with Gasteiger partial charge in [0.15, 0.2) is 0 Å². The molecule has 1 saturated carbocycles. The predicted molar refractivity (Wildman–Crippen MR) is 233 cm³/mol. The van der Waals surface area contributed by atoms with Crippen LogP contribution in [-0.2, 0) is 9.59 Å². The van der Waals surface area contributed by atoms with Crippen molar-refractivity contribution in [3.8, 4) is 33.6 Å². The molecule has 2 aliphatic heterocycles. The highest BCUT2D eigenvalue weighted by Crippen LogP contribution is 2.39. The lowest BCUT2D eigenvalue weighted by Gasteiger charge is -2.43. The Labute approximate surface area is 353 Å². The molecule has 314 valence electrons. The van der Waals surface area contributed by atoms with Crippen LogP contribution < -0.4 is 0 Å². The average molecular weight is 811 g/mol. The van der Waals surface area contributed by atoms with E-state index in [4.69, 9.17) is 9.97 Å². The summed E-state index contributed by atoms with van der Waals surface area (Å²) in [7, 11) is 3.91. The normalized spacial score (nSPS) is 21.4. The van der Waals surface area contributed by atoms with Gasteiger partial charge in [0.25, 0.3) is 0 Å². The molecule has 3 aliphatic rings. The van der Waals surface area contributed by atoms with Crippen molar-refractivity contribution in [2.45, 2.75) is 102 Å². The summed E-state index contributed by atoms with van der Waals surface area (Å²) in [6.07, 6.45) is 9.25. The van der Waals surface area contributed by atoms with E-state index in [9.17, 15) is 19.5 Å². The predicted octanol–water partition coefficient (Wildman–Crippen LogP) is 9.10. The van der Waals surface area contributed by atoms with Crippen molar-refractivity contribution in [1.29, 1.82) is 0 Å². The molecule has 12 heteroatoms. The van der Waals surface area contributed by atoms with Gasteiger partial charge in [-0.05, 0) is 114 Å². The van der Waals surface area contributed by atoms with Gasteiger partial charge in [-0.15, -0.1) is 0 Å². The van der Waals surface area contributed by atoms with E-state index in [-0.39, 0.29) is 41.9 Å². The van der Waals surface area contributed by atoms with Gasteiger partial charge in [-0.25, -0.2) is 14.8 Å². The van der Waals surface area contributed by atoms with Crippen LogP contribution >= 0.6 is 0 Å². The highest BCUT2D eigenvalue weighted by Gasteiger charge is 2.41. The van der Waals surface area contributed by atoms with E-state index >= 15 is 0 Å². The number of likely N-dealkylation sites (N-methyl/N-ethyl adjacent to an activating group) is 1. The van der Waals surface area contributed by atoms with Crippen LogP contribution in [0.15, 0.2) is 91.3 Å². The van der Waals surface area contributed by atoms with E-state index in [1.807, 2.05) is 92.3 Å². The van der Waals surface area contributed by atoms with Gasteiger partial charge in [-0.3, -0.25) is 14.5 Å². The Hall–Kier alpha value is -5.75. The molecule has 0 bridgehead atoms. The molecule has 2 aromatic heterocycles. The number of nitrogens with one attached hydrogen (secondary N) is 2. The van der Waals surface area contributed by atoms with Gasteiger partial charge in [0.1, 0.15) is 17.7 Å². The second kappa shape index (κ2) is 17.1. The summed E-state index contributed by atoms with van der Waals surface area (Å²) in [5.41, 5.74) is 6.60. The van der Waals surface area contributed by atoms with Crippen molar-refractivity contribution in [3.05, 3.63) is 108 Å².